The van der Waals surface area contributed by atoms with Crippen LogP contribution in [0.15, 0.2) is 48.5 Å². The molecule has 6 heteroatoms. The number of ether oxygens (including phenoxy) is 4. The number of fused-ring (bicyclic) bond motifs is 1. The minimum absolute atomic E-state index is 0.0707. The molecule has 36 heavy (non-hydrogen) atoms. The van der Waals surface area contributed by atoms with E-state index in [9.17, 15) is 4.79 Å². The predicted octanol–water partition coefficient (Wildman–Crippen LogP) is 4.98. The number of amides is 1. The fourth-order valence-electron chi connectivity index (χ4n) is 5.30. The summed E-state index contributed by atoms with van der Waals surface area (Å²) in [6.45, 7) is 9.48. The molecule has 2 saturated carbocycles. The molecule has 1 heterocycles. The first-order valence-electron chi connectivity index (χ1n) is 13.2. The zero-order valence-electron chi connectivity index (χ0n) is 21.9. The summed E-state index contributed by atoms with van der Waals surface area (Å²) in [5, 5.41) is 3.19. The Hall–Kier alpha value is -2.25. The second-order valence-corrected chi connectivity index (χ2v) is 11.2. The first-order valence-corrected chi connectivity index (χ1v) is 13.2. The lowest BCUT2D eigenvalue weighted by atomic mass is 9.78. The van der Waals surface area contributed by atoms with E-state index in [1.807, 2.05) is 26.0 Å². The van der Waals surface area contributed by atoms with Gasteiger partial charge in [0.1, 0.15) is 6.10 Å². The number of hydrogen-bond donors (Lipinski definition) is 1. The van der Waals surface area contributed by atoms with Crippen LogP contribution in [0.5, 0.6) is 0 Å². The van der Waals surface area contributed by atoms with E-state index in [1.54, 1.807) is 0 Å². The largest absolute Gasteiger partial charge is 0.371 e. The fraction of sp³-hybridized carbons (Fsp3) is 0.567. The quantitative estimate of drug-likeness (QED) is 0.534. The highest BCUT2D eigenvalue weighted by molar-refractivity contribution is 5.85. The van der Waals surface area contributed by atoms with E-state index in [0.29, 0.717) is 38.5 Å². The molecule has 1 amide bonds. The van der Waals surface area contributed by atoms with E-state index in [0.717, 1.165) is 16.7 Å². The van der Waals surface area contributed by atoms with E-state index in [2.05, 4.69) is 55.6 Å². The molecule has 5 rings (SSSR count). The molecule has 1 N–H and O–H groups in total. The standard InChI is InChI=1S/C30H39NO5/c1-20-9-11-23(12-10-20)18-33-25-15-30(28(32)31-17-22-13-14-22,16-26-27(25)36-29(3,4)35-26)34-19-24-8-6-5-7-21(24)2/h5-12,22,25-27H,13-19H2,1-4H3,(H,31,32)/t25-,26+,27-,30+/m0/s1. The van der Waals surface area contributed by atoms with Crippen LogP contribution < -0.4 is 5.32 Å². The smallest absolute Gasteiger partial charge is 0.252 e. The molecule has 3 aliphatic rings. The van der Waals surface area contributed by atoms with Gasteiger partial charge in [-0.1, -0.05) is 54.1 Å². The van der Waals surface area contributed by atoms with Gasteiger partial charge in [-0.15, -0.1) is 0 Å². The number of hydrogen-bond acceptors (Lipinski definition) is 5. The Balaban J connectivity index is 1.39. The van der Waals surface area contributed by atoms with Gasteiger partial charge in [-0.2, -0.15) is 0 Å². The van der Waals surface area contributed by atoms with Crippen LogP contribution in [0.3, 0.4) is 0 Å². The topological polar surface area (TPSA) is 66.0 Å². The molecule has 2 aromatic rings. The first-order chi connectivity index (χ1) is 17.2. The van der Waals surface area contributed by atoms with E-state index >= 15 is 0 Å². The van der Waals surface area contributed by atoms with Crippen molar-refractivity contribution in [3.8, 4) is 0 Å². The second-order valence-electron chi connectivity index (χ2n) is 11.2. The maximum atomic E-state index is 13.8. The normalized spacial score (nSPS) is 29.1. The minimum atomic E-state index is -1.06. The summed E-state index contributed by atoms with van der Waals surface area (Å²) in [7, 11) is 0. The van der Waals surface area contributed by atoms with Gasteiger partial charge in [0.15, 0.2) is 11.4 Å². The van der Waals surface area contributed by atoms with Crippen molar-refractivity contribution in [2.75, 3.05) is 6.54 Å². The summed E-state index contributed by atoms with van der Waals surface area (Å²) in [5.74, 6) is -0.229. The maximum Gasteiger partial charge on any atom is 0.252 e. The molecule has 6 nitrogen and oxygen atoms in total. The highest BCUT2D eigenvalue weighted by atomic mass is 16.8. The zero-order valence-corrected chi connectivity index (χ0v) is 21.9. The molecule has 0 aromatic heterocycles. The third-order valence-corrected chi connectivity index (χ3v) is 7.66. The van der Waals surface area contributed by atoms with Crippen molar-refractivity contribution in [2.24, 2.45) is 5.92 Å². The molecule has 0 spiro atoms. The van der Waals surface area contributed by atoms with Crippen molar-refractivity contribution in [2.45, 2.75) is 96.3 Å². The Morgan fingerprint density at radius 2 is 1.75 bits per heavy atom. The summed E-state index contributed by atoms with van der Waals surface area (Å²) in [6.07, 6.45) is 2.33. The summed E-state index contributed by atoms with van der Waals surface area (Å²) >= 11 is 0. The average Bonchev–Trinajstić information content (AvgIpc) is 3.62. The number of nitrogens with one attached hydrogen (secondary N) is 1. The van der Waals surface area contributed by atoms with E-state index in [-0.39, 0.29) is 24.2 Å². The molecule has 2 aromatic carbocycles. The molecule has 3 fully saturated rings. The van der Waals surface area contributed by atoms with Crippen molar-refractivity contribution in [1.82, 2.24) is 5.32 Å². The van der Waals surface area contributed by atoms with Crippen LogP contribution in [-0.4, -0.2) is 42.2 Å². The van der Waals surface area contributed by atoms with Gasteiger partial charge in [-0.3, -0.25) is 4.79 Å². The van der Waals surface area contributed by atoms with Crippen LogP contribution >= 0.6 is 0 Å². The maximum absolute atomic E-state index is 13.8. The number of benzene rings is 2. The van der Waals surface area contributed by atoms with E-state index < -0.39 is 11.4 Å². The van der Waals surface area contributed by atoms with Crippen LogP contribution in [-0.2, 0) is 37.0 Å². The average molecular weight is 494 g/mol. The second kappa shape index (κ2) is 10.3. The Kier molecular flexibility index (Phi) is 7.23. The number of aryl methyl sites for hydroxylation is 2. The van der Waals surface area contributed by atoms with Gasteiger partial charge in [-0.05, 0) is 63.1 Å². The van der Waals surface area contributed by atoms with Gasteiger partial charge < -0.3 is 24.3 Å². The molecule has 0 unspecified atom stereocenters. The van der Waals surface area contributed by atoms with Gasteiger partial charge >= 0.3 is 0 Å². The van der Waals surface area contributed by atoms with Crippen LogP contribution in [0.4, 0.5) is 0 Å². The zero-order chi connectivity index (χ0) is 25.3. The predicted molar refractivity (Wildman–Crippen MR) is 137 cm³/mol. The summed E-state index contributed by atoms with van der Waals surface area (Å²) in [4.78, 5) is 13.8. The first kappa shape index (κ1) is 25.4. The van der Waals surface area contributed by atoms with Gasteiger partial charge in [-0.25, -0.2) is 0 Å². The van der Waals surface area contributed by atoms with Gasteiger partial charge in [0.05, 0.1) is 25.4 Å². The Morgan fingerprint density at radius 1 is 1.00 bits per heavy atom. The molecular weight excluding hydrogens is 454 g/mol. The lowest BCUT2D eigenvalue weighted by molar-refractivity contribution is -0.183. The van der Waals surface area contributed by atoms with E-state index in [4.69, 9.17) is 18.9 Å². The van der Waals surface area contributed by atoms with Gasteiger partial charge in [0, 0.05) is 19.4 Å². The Bertz CT molecular complexity index is 1060. The van der Waals surface area contributed by atoms with Crippen molar-refractivity contribution in [1.29, 1.82) is 0 Å². The summed E-state index contributed by atoms with van der Waals surface area (Å²) in [5.41, 5.74) is 3.47. The molecule has 0 bridgehead atoms. The Labute approximate surface area is 214 Å². The third kappa shape index (κ3) is 5.83. The van der Waals surface area contributed by atoms with E-state index in [1.165, 1.54) is 18.4 Å². The van der Waals surface area contributed by atoms with Crippen molar-refractivity contribution < 1.29 is 23.7 Å². The molecule has 194 valence electrons. The number of rotatable bonds is 9. The molecule has 1 saturated heterocycles. The number of carbonyl (C=O) groups is 1. The SMILES string of the molecule is Cc1ccc(CO[C@H]2C[C@](OCc3ccccc3C)(C(=O)NCC3CC3)C[C@H]3OC(C)(C)O[C@@H]23)cc1. The molecular formula is C30H39NO5. The summed E-state index contributed by atoms with van der Waals surface area (Å²) in [6, 6.07) is 16.5. The van der Waals surface area contributed by atoms with Crippen LogP contribution in [0.2, 0.25) is 0 Å². The van der Waals surface area contributed by atoms with Crippen LogP contribution in [0.25, 0.3) is 0 Å². The fourth-order valence-corrected chi connectivity index (χ4v) is 5.30. The van der Waals surface area contributed by atoms with Crippen LogP contribution in [0, 0.1) is 19.8 Å². The Morgan fingerprint density at radius 3 is 2.47 bits per heavy atom. The monoisotopic (exact) mass is 493 g/mol. The molecule has 0 radical (unpaired) electrons. The lowest BCUT2D eigenvalue weighted by Crippen LogP contribution is -2.60. The summed E-state index contributed by atoms with van der Waals surface area (Å²) < 4.78 is 25.7. The van der Waals surface area contributed by atoms with Crippen molar-refractivity contribution in [3.63, 3.8) is 0 Å². The number of carbonyl (C=O) groups excluding carboxylic acids is 1. The third-order valence-electron chi connectivity index (χ3n) is 7.66. The lowest BCUT2D eigenvalue weighted by Gasteiger charge is -2.43. The van der Waals surface area contributed by atoms with Crippen molar-refractivity contribution in [3.05, 3.63) is 70.8 Å². The van der Waals surface area contributed by atoms with Gasteiger partial charge in [0.2, 0.25) is 0 Å². The van der Waals surface area contributed by atoms with Crippen LogP contribution in [0.1, 0.15) is 61.8 Å². The van der Waals surface area contributed by atoms with Crippen molar-refractivity contribution >= 4 is 5.91 Å². The minimum Gasteiger partial charge on any atom is -0.371 e. The molecule has 2 aliphatic carbocycles. The molecule has 1 aliphatic heterocycles. The molecule has 4 atom stereocenters. The highest BCUT2D eigenvalue weighted by Crippen LogP contribution is 2.44. The highest BCUT2D eigenvalue weighted by Gasteiger charge is 2.58. The van der Waals surface area contributed by atoms with Gasteiger partial charge in [0.25, 0.3) is 5.91 Å².